The number of H-pyrrole nitrogens is 1. The molecule has 0 aliphatic rings. The summed E-state index contributed by atoms with van der Waals surface area (Å²) in [5.74, 6) is 0.0505. The molecule has 1 unspecified atom stereocenters. The third-order valence-electron chi connectivity index (χ3n) is 2.68. The fraction of sp³-hybridized carbons (Fsp3) is 0.667. The van der Waals surface area contributed by atoms with E-state index < -0.39 is 6.04 Å². The molecule has 5 heteroatoms. The molecular weight excluding hydrogens is 216 g/mol. The number of nitrogens with two attached hydrogens (primary N) is 1. The highest BCUT2D eigenvalue weighted by Crippen LogP contribution is 2.03. The van der Waals surface area contributed by atoms with Crippen molar-refractivity contribution in [3.63, 3.8) is 0 Å². The second kappa shape index (κ2) is 5.82. The molecule has 96 valence electrons. The molecule has 5 nitrogen and oxygen atoms in total. The Morgan fingerprint density at radius 3 is 2.65 bits per heavy atom. The van der Waals surface area contributed by atoms with Gasteiger partial charge in [0.15, 0.2) is 0 Å². The maximum absolute atomic E-state index is 11.7. The maximum atomic E-state index is 11.7. The van der Waals surface area contributed by atoms with E-state index in [1.54, 1.807) is 0 Å². The summed E-state index contributed by atoms with van der Waals surface area (Å²) >= 11 is 0. The Hall–Kier alpha value is -1.36. The standard InChI is InChI=1S/C12H22N4O/c1-7(2)11(13)12(17)14-8(3)5-10-6-9(4)15-16-10/h6-8,11H,5,13H2,1-4H3,(H,14,17)(H,15,16)/t8?,11-/m0/s1. The second-order valence-electron chi connectivity index (χ2n) is 4.93. The van der Waals surface area contributed by atoms with Crippen LogP contribution in [0, 0.1) is 12.8 Å². The van der Waals surface area contributed by atoms with Crippen molar-refractivity contribution in [3.8, 4) is 0 Å². The molecule has 17 heavy (non-hydrogen) atoms. The number of carbonyl (C=O) groups is 1. The van der Waals surface area contributed by atoms with Crippen molar-refractivity contribution in [2.45, 2.75) is 46.2 Å². The zero-order chi connectivity index (χ0) is 13.0. The molecule has 0 aliphatic heterocycles. The molecule has 0 fully saturated rings. The molecule has 0 radical (unpaired) electrons. The predicted octanol–water partition coefficient (Wildman–Crippen LogP) is 0.749. The number of rotatable bonds is 5. The van der Waals surface area contributed by atoms with Crippen LogP contribution >= 0.6 is 0 Å². The van der Waals surface area contributed by atoms with E-state index in [-0.39, 0.29) is 17.9 Å². The van der Waals surface area contributed by atoms with Crippen LogP contribution < -0.4 is 11.1 Å². The molecule has 1 aromatic heterocycles. The van der Waals surface area contributed by atoms with E-state index in [0.717, 1.165) is 11.4 Å². The normalized spacial score (nSPS) is 14.7. The first-order chi connectivity index (χ1) is 7.90. The van der Waals surface area contributed by atoms with Crippen molar-refractivity contribution in [2.75, 3.05) is 0 Å². The number of nitrogens with one attached hydrogen (secondary N) is 2. The number of aromatic amines is 1. The Labute approximate surface area is 102 Å². The summed E-state index contributed by atoms with van der Waals surface area (Å²) in [6, 6.07) is 1.57. The highest BCUT2D eigenvalue weighted by atomic mass is 16.2. The molecule has 1 rings (SSSR count). The SMILES string of the molecule is Cc1cc(CC(C)NC(=O)[C@@H](N)C(C)C)n[nH]1. The van der Waals surface area contributed by atoms with Crippen LogP contribution in [-0.4, -0.2) is 28.2 Å². The average Bonchev–Trinajstić information content (AvgIpc) is 2.62. The van der Waals surface area contributed by atoms with E-state index in [1.165, 1.54) is 0 Å². The summed E-state index contributed by atoms with van der Waals surface area (Å²) in [6.07, 6.45) is 0.709. The van der Waals surface area contributed by atoms with Crippen molar-refractivity contribution >= 4 is 5.91 Å². The molecule has 0 aromatic carbocycles. The van der Waals surface area contributed by atoms with Crippen LogP contribution in [0.25, 0.3) is 0 Å². The van der Waals surface area contributed by atoms with Gasteiger partial charge >= 0.3 is 0 Å². The lowest BCUT2D eigenvalue weighted by Gasteiger charge is -2.19. The number of aryl methyl sites for hydroxylation is 1. The molecule has 0 aliphatic carbocycles. The second-order valence-corrected chi connectivity index (χ2v) is 4.93. The number of nitrogens with zero attached hydrogens (tertiary/aromatic N) is 1. The van der Waals surface area contributed by atoms with Gasteiger partial charge < -0.3 is 11.1 Å². The summed E-state index contributed by atoms with van der Waals surface area (Å²) in [7, 11) is 0. The Morgan fingerprint density at radius 2 is 2.18 bits per heavy atom. The molecule has 0 saturated heterocycles. The minimum atomic E-state index is -0.446. The minimum Gasteiger partial charge on any atom is -0.352 e. The number of amides is 1. The van der Waals surface area contributed by atoms with Crippen LogP contribution in [0.3, 0.4) is 0 Å². The first kappa shape index (κ1) is 13.7. The van der Waals surface area contributed by atoms with Crippen LogP contribution in [0.2, 0.25) is 0 Å². The Morgan fingerprint density at radius 1 is 1.53 bits per heavy atom. The summed E-state index contributed by atoms with van der Waals surface area (Å²) in [6.45, 7) is 7.78. The van der Waals surface area contributed by atoms with E-state index in [1.807, 2.05) is 33.8 Å². The number of carbonyl (C=O) groups excluding carboxylic acids is 1. The number of aromatic nitrogens is 2. The molecule has 0 spiro atoms. The molecule has 0 saturated carbocycles. The molecule has 1 heterocycles. The smallest absolute Gasteiger partial charge is 0.237 e. The highest BCUT2D eigenvalue weighted by Gasteiger charge is 2.19. The third kappa shape index (κ3) is 4.19. The van der Waals surface area contributed by atoms with Crippen LogP contribution in [0.4, 0.5) is 0 Å². The van der Waals surface area contributed by atoms with Gasteiger partial charge in [-0.1, -0.05) is 13.8 Å². The summed E-state index contributed by atoms with van der Waals surface area (Å²) in [5.41, 5.74) is 7.75. The van der Waals surface area contributed by atoms with Crippen molar-refractivity contribution in [1.82, 2.24) is 15.5 Å². The summed E-state index contributed by atoms with van der Waals surface area (Å²) in [5, 5.41) is 9.92. The molecule has 4 N–H and O–H groups in total. The monoisotopic (exact) mass is 238 g/mol. The van der Waals surface area contributed by atoms with Crippen molar-refractivity contribution in [3.05, 3.63) is 17.5 Å². The Kier molecular flexibility index (Phi) is 4.69. The Balaban J connectivity index is 2.44. The van der Waals surface area contributed by atoms with Gasteiger partial charge in [0.1, 0.15) is 0 Å². The van der Waals surface area contributed by atoms with Crippen LogP contribution in [0.1, 0.15) is 32.2 Å². The van der Waals surface area contributed by atoms with Gasteiger partial charge in [0, 0.05) is 18.2 Å². The minimum absolute atomic E-state index is 0.0370. The van der Waals surface area contributed by atoms with Gasteiger partial charge in [-0.25, -0.2) is 0 Å². The quantitative estimate of drug-likeness (QED) is 0.707. The number of hydrogen-bond acceptors (Lipinski definition) is 3. The predicted molar refractivity (Wildman–Crippen MR) is 67.4 cm³/mol. The fourth-order valence-electron chi connectivity index (χ4n) is 1.59. The lowest BCUT2D eigenvalue weighted by atomic mass is 10.0. The topological polar surface area (TPSA) is 83.8 Å². The molecular formula is C12H22N4O. The Bertz CT molecular complexity index is 372. The average molecular weight is 238 g/mol. The van der Waals surface area contributed by atoms with Gasteiger partial charge in [-0.2, -0.15) is 5.10 Å². The van der Waals surface area contributed by atoms with E-state index in [0.29, 0.717) is 6.42 Å². The van der Waals surface area contributed by atoms with Gasteiger partial charge in [-0.3, -0.25) is 9.89 Å². The highest BCUT2D eigenvalue weighted by molar-refractivity contribution is 5.81. The molecule has 1 aromatic rings. The number of hydrogen-bond donors (Lipinski definition) is 3. The van der Waals surface area contributed by atoms with Gasteiger partial charge in [0.2, 0.25) is 5.91 Å². The first-order valence-corrected chi connectivity index (χ1v) is 5.97. The van der Waals surface area contributed by atoms with Crippen molar-refractivity contribution in [2.24, 2.45) is 11.7 Å². The zero-order valence-corrected chi connectivity index (χ0v) is 10.9. The van der Waals surface area contributed by atoms with Gasteiger partial charge in [0.05, 0.1) is 11.7 Å². The lowest BCUT2D eigenvalue weighted by Crippen LogP contribution is -2.47. The van der Waals surface area contributed by atoms with Crippen LogP contribution in [0.15, 0.2) is 6.07 Å². The third-order valence-corrected chi connectivity index (χ3v) is 2.68. The van der Waals surface area contributed by atoms with E-state index in [9.17, 15) is 4.79 Å². The van der Waals surface area contributed by atoms with E-state index in [4.69, 9.17) is 5.73 Å². The van der Waals surface area contributed by atoms with E-state index in [2.05, 4.69) is 15.5 Å². The first-order valence-electron chi connectivity index (χ1n) is 5.97. The zero-order valence-electron chi connectivity index (χ0n) is 10.9. The summed E-state index contributed by atoms with van der Waals surface area (Å²) < 4.78 is 0. The molecule has 1 amide bonds. The largest absolute Gasteiger partial charge is 0.352 e. The van der Waals surface area contributed by atoms with E-state index >= 15 is 0 Å². The molecule has 0 bridgehead atoms. The van der Waals surface area contributed by atoms with Crippen LogP contribution in [0.5, 0.6) is 0 Å². The van der Waals surface area contributed by atoms with Gasteiger partial charge in [-0.05, 0) is 25.8 Å². The van der Waals surface area contributed by atoms with Crippen LogP contribution in [-0.2, 0) is 11.2 Å². The lowest BCUT2D eigenvalue weighted by molar-refractivity contribution is -0.123. The van der Waals surface area contributed by atoms with Crippen molar-refractivity contribution in [1.29, 1.82) is 0 Å². The molecule has 2 atom stereocenters. The maximum Gasteiger partial charge on any atom is 0.237 e. The van der Waals surface area contributed by atoms with Gasteiger partial charge in [-0.15, -0.1) is 0 Å². The summed E-state index contributed by atoms with van der Waals surface area (Å²) in [4.78, 5) is 11.7. The van der Waals surface area contributed by atoms with Crippen molar-refractivity contribution < 1.29 is 4.79 Å². The fourth-order valence-corrected chi connectivity index (χ4v) is 1.59. The van der Waals surface area contributed by atoms with Gasteiger partial charge in [0.25, 0.3) is 0 Å².